The summed E-state index contributed by atoms with van der Waals surface area (Å²) >= 11 is 0. The van der Waals surface area contributed by atoms with Gasteiger partial charge in [-0.15, -0.1) is 0 Å². The van der Waals surface area contributed by atoms with E-state index in [0.29, 0.717) is 6.42 Å². The van der Waals surface area contributed by atoms with Crippen molar-refractivity contribution in [1.82, 2.24) is 0 Å². The Kier molecular flexibility index (Phi) is 3.85. The van der Waals surface area contributed by atoms with E-state index < -0.39 is 11.9 Å². The minimum absolute atomic E-state index is 0.0932. The summed E-state index contributed by atoms with van der Waals surface area (Å²) in [7, 11) is 0. The van der Waals surface area contributed by atoms with Crippen molar-refractivity contribution < 1.29 is 19.4 Å². The highest BCUT2D eigenvalue weighted by Crippen LogP contribution is 2.07. The Morgan fingerprint density at radius 3 is 2.60 bits per heavy atom. The number of carboxylic acid groups (broad SMARTS) is 1. The van der Waals surface area contributed by atoms with E-state index in [9.17, 15) is 9.59 Å². The second kappa shape index (κ2) is 5.14. The minimum Gasteiger partial charge on any atom is -0.473 e. The maximum absolute atomic E-state index is 10.6. The van der Waals surface area contributed by atoms with Crippen LogP contribution in [-0.2, 0) is 20.7 Å². The average molecular weight is 208 g/mol. The van der Waals surface area contributed by atoms with Crippen molar-refractivity contribution in [3.8, 4) is 0 Å². The van der Waals surface area contributed by atoms with Gasteiger partial charge in [0.15, 0.2) is 0 Å². The zero-order valence-corrected chi connectivity index (χ0v) is 8.40. The van der Waals surface area contributed by atoms with Gasteiger partial charge in [0.05, 0.1) is 6.61 Å². The molecule has 1 rings (SSSR count). The maximum atomic E-state index is 10.6. The van der Waals surface area contributed by atoms with Crippen molar-refractivity contribution in [2.24, 2.45) is 0 Å². The number of carbonyl (C=O) groups excluding carboxylic acids is 1. The summed E-state index contributed by atoms with van der Waals surface area (Å²) in [6.07, 6.45) is 0.533. The van der Waals surface area contributed by atoms with Gasteiger partial charge in [-0.25, -0.2) is 9.59 Å². The van der Waals surface area contributed by atoms with Gasteiger partial charge in [0, 0.05) is 6.42 Å². The molecular weight excluding hydrogens is 196 g/mol. The number of benzene rings is 1. The van der Waals surface area contributed by atoms with E-state index in [1.165, 1.54) is 0 Å². The van der Waals surface area contributed by atoms with Gasteiger partial charge in [-0.3, -0.25) is 0 Å². The Balaban J connectivity index is 2.42. The summed E-state index contributed by atoms with van der Waals surface area (Å²) in [5.74, 6) is -2.76. The third-order valence-electron chi connectivity index (χ3n) is 2.04. The molecule has 0 unspecified atom stereocenters. The van der Waals surface area contributed by atoms with E-state index in [4.69, 9.17) is 5.11 Å². The highest BCUT2D eigenvalue weighted by atomic mass is 16.6. The molecule has 0 amide bonds. The molecule has 0 aliphatic rings. The van der Waals surface area contributed by atoms with Gasteiger partial charge in [0.25, 0.3) is 0 Å². The summed E-state index contributed by atoms with van der Waals surface area (Å²) in [5, 5.41) is 8.26. The Morgan fingerprint density at radius 2 is 2.00 bits per heavy atom. The normalized spacial score (nSPS) is 9.67. The van der Waals surface area contributed by atoms with Crippen LogP contribution in [0.25, 0.3) is 0 Å². The predicted octanol–water partition coefficient (Wildman–Crippen LogP) is 1.17. The van der Waals surface area contributed by atoms with Crippen LogP contribution in [-0.4, -0.2) is 23.7 Å². The molecule has 1 aromatic rings. The van der Waals surface area contributed by atoms with Crippen LogP contribution >= 0.6 is 0 Å². The molecule has 0 saturated carbocycles. The van der Waals surface area contributed by atoms with E-state index in [1.807, 2.05) is 31.2 Å². The van der Waals surface area contributed by atoms with Crippen LogP contribution in [0.3, 0.4) is 0 Å². The average Bonchev–Trinajstić information content (AvgIpc) is 2.20. The maximum Gasteiger partial charge on any atom is 0.417 e. The van der Waals surface area contributed by atoms with E-state index in [1.54, 1.807) is 0 Å². The largest absolute Gasteiger partial charge is 0.473 e. The first-order valence-corrected chi connectivity index (χ1v) is 4.56. The number of carboxylic acids is 1. The summed E-state index contributed by atoms with van der Waals surface area (Å²) in [6, 6.07) is 7.68. The fraction of sp³-hybridized carbons (Fsp3) is 0.273. The highest BCUT2D eigenvalue weighted by Gasteiger charge is 2.12. The second-order valence-corrected chi connectivity index (χ2v) is 3.12. The molecule has 0 heterocycles. The van der Waals surface area contributed by atoms with Crippen LogP contribution in [0.5, 0.6) is 0 Å². The first kappa shape index (κ1) is 11.2. The van der Waals surface area contributed by atoms with Crippen molar-refractivity contribution >= 4 is 11.9 Å². The smallest absolute Gasteiger partial charge is 0.417 e. The Labute approximate surface area is 87.5 Å². The topological polar surface area (TPSA) is 63.6 Å². The van der Waals surface area contributed by atoms with Gasteiger partial charge in [-0.05, 0) is 18.1 Å². The molecule has 0 bridgehead atoms. The first-order chi connectivity index (χ1) is 7.11. The molecule has 0 aromatic heterocycles. The second-order valence-electron chi connectivity index (χ2n) is 3.12. The van der Waals surface area contributed by atoms with Crippen molar-refractivity contribution in [2.45, 2.75) is 13.3 Å². The molecule has 80 valence electrons. The highest BCUT2D eigenvalue weighted by molar-refractivity contribution is 6.28. The standard InChI is InChI=1S/C11H12O4/c1-8-4-2-3-5-9(8)6-7-15-11(14)10(12)13/h2-5H,6-7H2,1H3,(H,12,13). The van der Waals surface area contributed by atoms with Gasteiger partial charge < -0.3 is 9.84 Å². The van der Waals surface area contributed by atoms with Gasteiger partial charge in [0.2, 0.25) is 0 Å². The Bertz CT molecular complexity index is 371. The van der Waals surface area contributed by atoms with Gasteiger partial charge in [0.1, 0.15) is 0 Å². The molecule has 0 radical (unpaired) electrons. The van der Waals surface area contributed by atoms with Crippen molar-refractivity contribution in [1.29, 1.82) is 0 Å². The van der Waals surface area contributed by atoms with Crippen LogP contribution < -0.4 is 0 Å². The molecule has 0 fully saturated rings. The van der Waals surface area contributed by atoms with Crippen LogP contribution in [0, 0.1) is 6.92 Å². The lowest BCUT2D eigenvalue weighted by molar-refractivity contribution is -0.163. The lowest BCUT2D eigenvalue weighted by atomic mass is 10.1. The lowest BCUT2D eigenvalue weighted by Crippen LogP contribution is -2.17. The van der Waals surface area contributed by atoms with E-state index in [0.717, 1.165) is 11.1 Å². The van der Waals surface area contributed by atoms with Crippen molar-refractivity contribution in [2.75, 3.05) is 6.61 Å². The molecule has 1 N–H and O–H groups in total. The van der Waals surface area contributed by atoms with Crippen molar-refractivity contribution in [3.63, 3.8) is 0 Å². The zero-order valence-electron chi connectivity index (χ0n) is 8.40. The number of aliphatic carboxylic acids is 1. The molecule has 4 heteroatoms. The molecule has 0 spiro atoms. The van der Waals surface area contributed by atoms with E-state index in [-0.39, 0.29) is 6.61 Å². The van der Waals surface area contributed by atoms with Gasteiger partial charge in [-0.1, -0.05) is 24.3 Å². The minimum atomic E-state index is -1.56. The number of aryl methyl sites for hydroxylation is 1. The first-order valence-electron chi connectivity index (χ1n) is 4.56. The quantitative estimate of drug-likeness (QED) is 0.598. The van der Waals surface area contributed by atoms with Gasteiger partial charge in [-0.2, -0.15) is 0 Å². The molecule has 4 nitrogen and oxygen atoms in total. The van der Waals surface area contributed by atoms with E-state index >= 15 is 0 Å². The monoisotopic (exact) mass is 208 g/mol. The predicted molar refractivity (Wildman–Crippen MR) is 53.5 cm³/mol. The number of ether oxygens (including phenoxy) is 1. The summed E-state index contributed by atoms with van der Waals surface area (Å²) < 4.78 is 4.52. The molecule has 0 aliphatic carbocycles. The summed E-state index contributed by atoms with van der Waals surface area (Å²) in [6.45, 7) is 2.05. The lowest BCUT2D eigenvalue weighted by Gasteiger charge is -2.05. The number of hydrogen-bond acceptors (Lipinski definition) is 3. The molecule has 0 atom stereocenters. The summed E-state index contributed by atoms with van der Waals surface area (Å²) in [4.78, 5) is 20.7. The number of carbonyl (C=O) groups is 2. The van der Waals surface area contributed by atoms with E-state index in [2.05, 4.69) is 4.74 Å². The number of rotatable bonds is 3. The Morgan fingerprint density at radius 1 is 1.33 bits per heavy atom. The fourth-order valence-corrected chi connectivity index (χ4v) is 1.21. The zero-order chi connectivity index (χ0) is 11.3. The third-order valence-corrected chi connectivity index (χ3v) is 2.04. The molecule has 15 heavy (non-hydrogen) atoms. The molecule has 1 aromatic carbocycles. The van der Waals surface area contributed by atoms with Crippen LogP contribution in [0.15, 0.2) is 24.3 Å². The van der Waals surface area contributed by atoms with Crippen molar-refractivity contribution in [3.05, 3.63) is 35.4 Å². The molecular formula is C11H12O4. The number of esters is 1. The Hall–Kier alpha value is -1.84. The third kappa shape index (κ3) is 3.42. The fourth-order valence-electron chi connectivity index (χ4n) is 1.21. The number of hydrogen-bond donors (Lipinski definition) is 1. The summed E-state index contributed by atoms with van der Waals surface area (Å²) in [5.41, 5.74) is 2.15. The van der Waals surface area contributed by atoms with Crippen LogP contribution in [0.4, 0.5) is 0 Å². The van der Waals surface area contributed by atoms with Gasteiger partial charge >= 0.3 is 11.9 Å². The van der Waals surface area contributed by atoms with Crippen LogP contribution in [0.1, 0.15) is 11.1 Å². The molecule has 0 saturated heterocycles. The molecule has 0 aliphatic heterocycles. The van der Waals surface area contributed by atoms with Crippen LogP contribution in [0.2, 0.25) is 0 Å². The SMILES string of the molecule is Cc1ccccc1CCOC(=O)C(=O)O.